The molecule has 0 amide bonds. The molecule has 0 saturated carbocycles. The first-order chi connectivity index (χ1) is 6.13. The van der Waals surface area contributed by atoms with E-state index >= 15 is 0 Å². The summed E-state index contributed by atoms with van der Waals surface area (Å²) in [7, 11) is 8.24. The van der Waals surface area contributed by atoms with Gasteiger partial charge in [-0.3, -0.25) is 0 Å². The Kier molecular flexibility index (Phi) is 3.51. The molecule has 0 aliphatic heterocycles. The van der Waals surface area contributed by atoms with Gasteiger partial charge in [0.15, 0.2) is 0 Å². The van der Waals surface area contributed by atoms with E-state index in [0.29, 0.717) is 0 Å². The number of aryl methyl sites for hydroxylation is 1. The van der Waals surface area contributed by atoms with E-state index < -0.39 is 0 Å². The summed E-state index contributed by atoms with van der Waals surface area (Å²) in [6, 6.07) is 2.25. The lowest BCUT2D eigenvalue weighted by Gasteiger charge is -2.06. The molecule has 0 saturated heterocycles. The van der Waals surface area contributed by atoms with E-state index in [0.717, 1.165) is 13.1 Å². The Bertz CT molecular complexity index is 263. The molecule has 0 spiro atoms. The quantitative estimate of drug-likeness (QED) is 0.741. The lowest BCUT2D eigenvalue weighted by Crippen LogP contribution is -2.09. The van der Waals surface area contributed by atoms with E-state index in [1.165, 1.54) is 11.3 Å². The number of hydrogen-bond donors (Lipinski definition) is 1. The van der Waals surface area contributed by atoms with E-state index in [-0.39, 0.29) is 0 Å². The summed E-state index contributed by atoms with van der Waals surface area (Å²) in [6.07, 6.45) is 2.19. The second-order valence-corrected chi connectivity index (χ2v) is 3.72. The van der Waals surface area contributed by atoms with E-state index in [1.807, 2.05) is 7.05 Å². The van der Waals surface area contributed by atoms with Crippen LogP contribution in [0.5, 0.6) is 0 Å². The standard InChI is InChI=1S/C10H19N3/c1-11-6-10-5-9(7-12(2)3)8-13(10)4/h5,8,11H,6-7H2,1-4H3. The molecule has 0 aliphatic rings. The fourth-order valence-electron chi connectivity index (χ4n) is 1.49. The molecule has 1 aromatic rings. The number of rotatable bonds is 4. The minimum Gasteiger partial charge on any atom is -0.353 e. The van der Waals surface area contributed by atoms with Crippen molar-refractivity contribution in [2.24, 2.45) is 7.05 Å². The van der Waals surface area contributed by atoms with Gasteiger partial charge in [-0.25, -0.2) is 0 Å². The second kappa shape index (κ2) is 4.44. The highest BCUT2D eigenvalue weighted by Gasteiger charge is 2.02. The molecule has 13 heavy (non-hydrogen) atoms. The van der Waals surface area contributed by atoms with Gasteiger partial charge >= 0.3 is 0 Å². The van der Waals surface area contributed by atoms with Gasteiger partial charge in [0, 0.05) is 32.0 Å². The number of aromatic nitrogens is 1. The zero-order valence-electron chi connectivity index (χ0n) is 8.96. The Hall–Kier alpha value is -0.800. The maximum atomic E-state index is 3.16. The fourth-order valence-corrected chi connectivity index (χ4v) is 1.49. The maximum Gasteiger partial charge on any atom is 0.0356 e. The first-order valence-corrected chi connectivity index (χ1v) is 4.57. The molecular formula is C10H19N3. The molecule has 1 rings (SSSR count). The predicted molar refractivity (Wildman–Crippen MR) is 55.6 cm³/mol. The molecule has 0 fully saturated rings. The van der Waals surface area contributed by atoms with Gasteiger partial charge in [0.05, 0.1) is 0 Å². The first-order valence-electron chi connectivity index (χ1n) is 4.57. The summed E-state index contributed by atoms with van der Waals surface area (Å²) >= 11 is 0. The van der Waals surface area contributed by atoms with Crippen LogP contribution in [0.25, 0.3) is 0 Å². The second-order valence-electron chi connectivity index (χ2n) is 3.72. The minimum absolute atomic E-state index is 0.934. The van der Waals surface area contributed by atoms with Crippen LogP contribution >= 0.6 is 0 Å². The van der Waals surface area contributed by atoms with Crippen LogP contribution in [0.15, 0.2) is 12.3 Å². The van der Waals surface area contributed by atoms with Crippen molar-refractivity contribution in [3.8, 4) is 0 Å². The highest BCUT2D eigenvalue weighted by atomic mass is 15.1. The summed E-state index contributed by atoms with van der Waals surface area (Å²) in [5.41, 5.74) is 2.71. The molecule has 1 aromatic heterocycles. The van der Waals surface area contributed by atoms with Crippen LogP contribution in [-0.2, 0) is 20.1 Å². The Morgan fingerprint density at radius 1 is 1.46 bits per heavy atom. The van der Waals surface area contributed by atoms with Crippen molar-refractivity contribution in [2.45, 2.75) is 13.1 Å². The van der Waals surface area contributed by atoms with Crippen molar-refractivity contribution in [3.05, 3.63) is 23.5 Å². The van der Waals surface area contributed by atoms with Gasteiger partial charge < -0.3 is 14.8 Å². The fraction of sp³-hybridized carbons (Fsp3) is 0.600. The first kappa shape index (κ1) is 10.3. The topological polar surface area (TPSA) is 20.2 Å². The van der Waals surface area contributed by atoms with Crippen molar-refractivity contribution >= 4 is 0 Å². The molecule has 0 unspecified atom stereocenters. The van der Waals surface area contributed by atoms with Crippen molar-refractivity contribution in [2.75, 3.05) is 21.1 Å². The Morgan fingerprint density at radius 3 is 2.69 bits per heavy atom. The molecule has 1 heterocycles. The van der Waals surface area contributed by atoms with Crippen molar-refractivity contribution < 1.29 is 0 Å². The Balaban J connectivity index is 2.70. The molecule has 0 bridgehead atoms. The molecule has 1 N–H and O–H groups in total. The average molecular weight is 181 g/mol. The SMILES string of the molecule is CNCc1cc(CN(C)C)cn1C. The molecular weight excluding hydrogens is 162 g/mol. The third-order valence-corrected chi connectivity index (χ3v) is 2.02. The molecule has 74 valence electrons. The van der Waals surface area contributed by atoms with Gasteiger partial charge in [-0.15, -0.1) is 0 Å². The van der Waals surface area contributed by atoms with Crippen LogP contribution in [0.2, 0.25) is 0 Å². The van der Waals surface area contributed by atoms with Crippen LogP contribution < -0.4 is 5.32 Å². The van der Waals surface area contributed by atoms with Gasteiger partial charge in [-0.05, 0) is 32.8 Å². The molecule has 0 aliphatic carbocycles. The van der Waals surface area contributed by atoms with Gasteiger partial charge in [0.25, 0.3) is 0 Å². The third kappa shape index (κ3) is 2.86. The van der Waals surface area contributed by atoms with E-state index in [4.69, 9.17) is 0 Å². The lowest BCUT2D eigenvalue weighted by atomic mass is 10.3. The zero-order valence-corrected chi connectivity index (χ0v) is 8.96. The Labute approximate surface area is 80.3 Å². The zero-order chi connectivity index (χ0) is 9.84. The highest BCUT2D eigenvalue weighted by Crippen LogP contribution is 2.08. The van der Waals surface area contributed by atoms with Gasteiger partial charge in [0.1, 0.15) is 0 Å². The minimum atomic E-state index is 0.934. The summed E-state index contributed by atoms with van der Waals surface area (Å²) in [5, 5.41) is 3.16. The van der Waals surface area contributed by atoms with Gasteiger partial charge in [-0.1, -0.05) is 0 Å². The maximum absolute atomic E-state index is 3.16. The summed E-state index contributed by atoms with van der Waals surface area (Å²) in [6.45, 7) is 1.95. The molecule has 3 nitrogen and oxygen atoms in total. The summed E-state index contributed by atoms with van der Waals surface area (Å²) in [5.74, 6) is 0. The predicted octanol–water partition coefficient (Wildman–Crippen LogP) is 0.806. The van der Waals surface area contributed by atoms with Crippen molar-refractivity contribution in [1.82, 2.24) is 14.8 Å². The highest BCUT2D eigenvalue weighted by molar-refractivity contribution is 5.18. The van der Waals surface area contributed by atoms with E-state index in [9.17, 15) is 0 Å². The third-order valence-electron chi connectivity index (χ3n) is 2.02. The van der Waals surface area contributed by atoms with Crippen LogP contribution in [-0.4, -0.2) is 30.6 Å². The largest absolute Gasteiger partial charge is 0.353 e. The summed E-state index contributed by atoms with van der Waals surface area (Å²) < 4.78 is 2.18. The molecule has 0 radical (unpaired) electrons. The van der Waals surface area contributed by atoms with E-state index in [1.54, 1.807) is 0 Å². The smallest absolute Gasteiger partial charge is 0.0356 e. The molecule has 3 heteroatoms. The van der Waals surface area contributed by atoms with Crippen molar-refractivity contribution in [1.29, 1.82) is 0 Å². The van der Waals surface area contributed by atoms with E-state index in [2.05, 4.69) is 48.2 Å². The van der Waals surface area contributed by atoms with Crippen molar-refractivity contribution in [3.63, 3.8) is 0 Å². The normalized spacial score (nSPS) is 11.2. The average Bonchev–Trinajstić information content (AvgIpc) is 2.31. The molecule has 0 atom stereocenters. The number of nitrogens with one attached hydrogen (secondary N) is 1. The van der Waals surface area contributed by atoms with Gasteiger partial charge in [0.2, 0.25) is 0 Å². The monoisotopic (exact) mass is 181 g/mol. The molecule has 0 aromatic carbocycles. The van der Waals surface area contributed by atoms with Crippen LogP contribution in [0.4, 0.5) is 0 Å². The Morgan fingerprint density at radius 2 is 2.15 bits per heavy atom. The lowest BCUT2D eigenvalue weighted by molar-refractivity contribution is 0.402. The van der Waals surface area contributed by atoms with Crippen LogP contribution in [0, 0.1) is 0 Å². The number of hydrogen-bond acceptors (Lipinski definition) is 2. The summed E-state index contributed by atoms with van der Waals surface area (Å²) in [4.78, 5) is 2.18. The van der Waals surface area contributed by atoms with Crippen LogP contribution in [0.1, 0.15) is 11.3 Å². The van der Waals surface area contributed by atoms with Crippen LogP contribution in [0.3, 0.4) is 0 Å². The number of nitrogens with zero attached hydrogens (tertiary/aromatic N) is 2. The van der Waals surface area contributed by atoms with Gasteiger partial charge in [-0.2, -0.15) is 0 Å².